The van der Waals surface area contributed by atoms with Gasteiger partial charge in [-0.1, -0.05) is 23.7 Å². The number of nitrogens with zero attached hydrogens (tertiary/aromatic N) is 2. The van der Waals surface area contributed by atoms with Gasteiger partial charge in [0.05, 0.1) is 5.69 Å². The summed E-state index contributed by atoms with van der Waals surface area (Å²) in [5.41, 5.74) is 0.491. The molecule has 0 aliphatic carbocycles. The summed E-state index contributed by atoms with van der Waals surface area (Å²) >= 11 is 5.67. The Morgan fingerprint density at radius 3 is 2.67 bits per heavy atom. The van der Waals surface area contributed by atoms with Gasteiger partial charge in [0, 0.05) is 29.4 Å². The zero-order valence-electron chi connectivity index (χ0n) is 10.7. The summed E-state index contributed by atoms with van der Waals surface area (Å²) in [5.74, 6) is 0. The molecule has 0 saturated heterocycles. The standard InChI is InChI=1S/C14H10ClN3O2S/c15-14-5-4-11(9-17-14)21(19,20)18-13-3-1-2-10-8-16-7-6-12(10)13/h1-9,18H. The van der Waals surface area contributed by atoms with Crippen LogP contribution in [0.25, 0.3) is 10.8 Å². The van der Waals surface area contributed by atoms with Gasteiger partial charge in [-0.25, -0.2) is 13.4 Å². The van der Waals surface area contributed by atoms with Crippen LogP contribution < -0.4 is 4.72 Å². The summed E-state index contributed by atoms with van der Waals surface area (Å²) in [4.78, 5) is 7.86. The minimum absolute atomic E-state index is 0.0537. The Labute approximate surface area is 126 Å². The van der Waals surface area contributed by atoms with E-state index in [4.69, 9.17) is 11.6 Å². The second-order valence-corrected chi connectivity index (χ2v) is 6.39. The predicted molar refractivity (Wildman–Crippen MR) is 81.8 cm³/mol. The van der Waals surface area contributed by atoms with Crippen molar-refractivity contribution in [3.05, 3.63) is 60.1 Å². The van der Waals surface area contributed by atoms with Gasteiger partial charge in [0.2, 0.25) is 0 Å². The van der Waals surface area contributed by atoms with Crippen LogP contribution in [-0.4, -0.2) is 18.4 Å². The van der Waals surface area contributed by atoms with E-state index in [0.29, 0.717) is 5.69 Å². The summed E-state index contributed by atoms with van der Waals surface area (Å²) in [6, 6.07) is 9.93. The molecule has 0 atom stereocenters. The third-order valence-corrected chi connectivity index (χ3v) is 4.51. The lowest BCUT2D eigenvalue weighted by molar-refractivity contribution is 0.601. The highest BCUT2D eigenvalue weighted by molar-refractivity contribution is 7.92. The number of hydrogen-bond acceptors (Lipinski definition) is 4. The largest absolute Gasteiger partial charge is 0.279 e. The second-order valence-electron chi connectivity index (χ2n) is 4.32. The van der Waals surface area contributed by atoms with Crippen molar-refractivity contribution in [3.8, 4) is 0 Å². The quantitative estimate of drug-likeness (QED) is 0.753. The molecule has 0 radical (unpaired) electrons. The molecule has 0 aliphatic heterocycles. The number of pyridine rings is 2. The van der Waals surface area contributed by atoms with Crippen molar-refractivity contribution < 1.29 is 8.42 Å². The first-order chi connectivity index (χ1) is 10.1. The Balaban J connectivity index is 2.03. The monoisotopic (exact) mass is 319 g/mol. The highest BCUT2D eigenvalue weighted by Crippen LogP contribution is 2.25. The number of aromatic nitrogens is 2. The van der Waals surface area contributed by atoms with E-state index in [1.54, 1.807) is 30.6 Å². The molecule has 7 heteroatoms. The molecule has 2 heterocycles. The van der Waals surface area contributed by atoms with E-state index in [9.17, 15) is 8.42 Å². The Kier molecular flexibility index (Phi) is 3.48. The van der Waals surface area contributed by atoms with Crippen LogP contribution in [0, 0.1) is 0 Å². The number of anilines is 1. The second kappa shape index (κ2) is 5.31. The molecule has 2 aromatic heterocycles. The van der Waals surface area contributed by atoms with E-state index in [-0.39, 0.29) is 10.0 Å². The summed E-state index contributed by atoms with van der Waals surface area (Å²) in [6.45, 7) is 0. The number of hydrogen-bond donors (Lipinski definition) is 1. The number of fused-ring (bicyclic) bond motifs is 1. The topological polar surface area (TPSA) is 72.0 Å². The van der Waals surface area contributed by atoms with Crippen LogP contribution in [0.1, 0.15) is 0 Å². The average Bonchev–Trinajstić information content (AvgIpc) is 2.48. The molecule has 0 fully saturated rings. The molecule has 0 aliphatic rings. The minimum Gasteiger partial charge on any atom is -0.279 e. The van der Waals surface area contributed by atoms with Gasteiger partial charge in [-0.3, -0.25) is 9.71 Å². The van der Waals surface area contributed by atoms with Gasteiger partial charge in [-0.15, -0.1) is 0 Å². The van der Waals surface area contributed by atoms with E-state index in [2.05, 4.69) is 14.7 Å². The third-order valence-electron chi connectivity index (χ3n) is 2.94. The van der Waals surface area contributed by atoms with Crippen LogP contribution in [0.2, 0.25) is 5.15 Å². The molecule has 3 aromatic rings. The highest BCUT2D eigenvalue weighted by Gasteiger charge is 2.15. The predicted octanol–water partition coefficient (Wildman–Crippen LogP) is 3.08. The molecule has 5 nitrogen and oxygen atoms in total. The first kappa shape index (κ1) is 13.8. The lowest BCUT2D eigenvalue weighted by Crippen LogP contribution is -2.13. The Morgan fingerprint density at radius 1 is 1.05 bits per heavy atom. The molecule has 0 saturated carbocycles. The molecule has 0 bridgehead atoms. The smallest absolute Gasteiger partial charge is 0.263 e. The van der Waals surface area contributed by atoms with Gasteiger partial charge in [-0.05, 0) is 24.3 Å². The van der Waals surface area contributed by atoms with Crippen LogP contribution in [0.4, 0.5) is 5.69 Å². The SMILES string of the molecule is O=S(=O)(Nc1cccc2cnccc12)c1ccc(Cl)nc1. The van der Waals surface area contributed by atoms with Crippen LogP contribution in [-0.2, 0) is 10.0 Å². The fourth-order valence-electron chi connectivity index (χ4n) is 1.94. The molecule has 0 spiro atoms. The number of rotatable bonds is 3. The van der Waals surface area contributed by atoms with E-state index in [1.807, 2.05) is 6.07 Å². The zero-order chi connectivity index (χ0) is 14.9. The maximum Gasteiger partial charge on any atom is 0.263 e. The van der Waals surface area contributed by atoms with Crippen LogP contribution in [0.3, 0.4) is 0 Å². The van der Waals surface area contributed by atoms with E-state index >= 15 is 0 Å². The summed E-state index contributed by atoms with van der Waals surface area (Å²) in [6.07, 6.45) is 4.51. The van der Waals surface area contributed by atoms with Crippen molar-refractivity contribution >= 4 is 38.1 Å². The van der Waals surface area contributed by atoms with Crippen LogP contribution >= 0.6 is 11.6 Å². The molecule has 3 rings (SSSR count). The molecule has 0 unspecified atom stereocenters. The Bertz CT molecular complexity index is 890. The lowest BCUT2D eigenvalue weighted by atomic mass is 10.1. The minimum atomic E-state index is -3.71. The molecule has 21 heavy (non-hydrogen) atoms. The Morgan fingerprint density at radius 2 is 1.90 bits per heavy atom. The number of sulfonamides is 1. The van der Waals surface area contributed by atoms with Gasteiger partial charge in [0.1, 0.15) is 10.0 Å². The van der Waals surface area contributed by atoms with Gasteiger partial charge in [0.15, 0.2) is 0 Å². The maximum atomic E-state index is 12.3. The molecule has 0 amide bonds. The third kappa shape index (κ3) is 2.81. The Hall–Kier alpha value is -2.18. The normalized spacial score (nSPS) is 11.5. The summed E-state index contributed by atoms with van der Waals surface area (Å²) in [7, 11) is -3.71. The molecule has 106 valence electrons. The van der Waals surface area contributed by atoms with Gasteiger partial charge < -0.3 is 0 Å². The summed E-state index contributed by atoms with van der Waals surface area (Å²) in [5, 5.41) is 1.87. The number of nitrogens with one attached hydrogen (secondary N) is 1. The fraction of sp³-hybridized carbons (Fsp3) is 0. The molecule has 1 aromatic carbocycles. The average molecular weight is 320 g/mol. The van der Waals surface area contributed by atoms with Gasteiger partial charge in [0.25, 0.3) is 10.0 Å². The number of benzene rings is 1. The first-order valence-electron chi connectivity index (χ1n) is 6.03. The lowest BCUT2D eigenvalue weighted by Gasteiger charge is -2.10. The fourth-order valence-corrected chi connectivity index (χ4v) is 3.07. The van der Waals surface area contributed by atoms with Gasteiger partial charge in [-0.2, -0.15) is 0 Å². The highest BCUT2D eigenvalue weighted by atomic mass is 35.5. The van der Waals surface area contributed by atoms with Crippen LogP contribution in [0.5, 0.6) is 0 Å². The van der Waals surface area contributed by atoms with E-state index in [1.165, 1.54) is 18.3 Å². The van der Waals surface area contributed by atoms with Crippen molar-refractivity contribution in [2.24, 2.45) is 0 Å². The van der Waals surface area contributed by atoms with Crippen molar-refractivity contribution in [2.45, 2.75) is 4.90 Å². The first-order valence-corrected chi connectivity index (χ1v) is 7.89. The van der Waals surface area contributed by atoms with Crippen molar-refractivity contribution in [3.63, 3.8) is 0 Å². The number of halogens is 1. The zero-order valence-corrected chi connectivity index (χ0v) is 12.3. The van der Waals surface area contributed by atoms with Crippen molar-refractivity contribution in [1.82, 2.24) is 9.97 Å². The van der Waals surface area contributed by atoms with Crippen molar-refractivity contribution in [2.75, 3.05) is 4.72 Å². The molecule has 1 N–H and O–H groups in total. The van der Waals surface area contributed by atoms with Crippen LogP contribution in [0.15, 0.2) is 59.9 Å². The van der Waals surface area contributed by atoms with Gasteiger partial charge >= 0.3 is 0 Å². The maximum absolute atomic E-state index is 12.3. The van der Waals surface area contributed by atoms with E-state index in [0.717, 1.165) is 10.8 Å². The van der Waals surface area contributed by atoms with Crippen molar-refractivity contribution in [1.29, 1.82) is 0 Å². The molecular weight excluding hydrogens is 310 g/mol. The molecular formula is C14H10ClN3O2S. The van der Waals surface area contributed by atoms with E-state index < -0.39 is 10.0 Å². The summed E-state index contributed by atoms with van der Waals surface area (Å²) < 4.78 is 27.3.